The maximum atomic E-state index is 12.1. The molecule has 0 spiro atoms. The van der Waals surface area contributed by atoms with Crippen LogP contribution in [0, 0.1) is 6.92 Å². The first-order chi connectivity index (χ1) is 9.45. The molecule has 1 aromatic rings. The lowest BCUT2D eigenvalue weighted by Gasteiger charge is -2.22. The van der Waals surface area contributed by atoms with Crippen LogP contribution in [0.1, 0.15) is 19.4 Å². The van der Waals surface area contributed by atoms with Gasteiger partial charge in [-0.3, -0.25) is 9.59 Å². The van der Waals surface area contributed by atoms with Crippen molar-refractivity contribution in [3.05, 3.63) is 29.8 Å². The Morgan fingerprint density at radius 2 is 1.95 bits per heavy atom. The van der Waals surface area contributed by atoms with Crippen LogP contribution in [0.5, 0.6) is 5.75 Å². The van der Waals surface area contributed by atoms with Crippen LogP contribution < -0.4 is 4.74 Å². The Bertz CT molecular complexity index is 473. The molecule has 5 nitrogen and oxygen atoms in total. The van der Waals surface area contributed by atoms with E-state index in [0.717, 1.165) is 5.56 Å². The van der Waals surface area contributed by atoms with Gasteiger partial charge in [0.15, 0.2) is 6.10 Å². The summed E-state index contributed by atoms with van der Waals surface area (Å²) in [6.07, 6.45) is -0.657. The highest BCUT2D eigenvalue weighted by atomic mass is 16.5. The maximum absolute atomic E-state index is 12.1. The van der Waals surface area contributed by atoms with Gasteiger partial charge >= 0.3 is 5.97 Å². The quantitative estimate of drug-likeness (QED) is 0.745. The topological polar surface area (TPSA) is 55.8 Å². The Labute approximate surface area is 119 Å². The molecular weight excluding hydrogens is 258 g/mol. The summed E-state index contributed by atoms with van der Waals surface area (Å²) in [5.41, 5.74) is 0.959. The van der Waals surface area contributed by atoms with Gasteiger partial charge in [-0.25, -0.2) is 0 Å². The Balaban J connectivity index is 2.58. The van der Waals surface area contributed by atoms with Gasteiger partial charge in [-0.15, -0.1) is 0 Å². The number of hydrogen-bond acceptors (Lipinski definition) is 4. The Morgan fingerprint density at radius 3 is 2.55 bits per heavy atom. The normalized spacial score (nSPS) is 11.6. The highest BCUT2D eigenvalue weighted by Gasteiger charge is 2.21. The highest BCUT2D eigenvalue weighted by molar-refractivity contribution is 5.84. The van der Waals surface area contributed by atoms with E-state index in [1.165, 1.54) is 4.90 Å². The number of benzene rings is 1. The molecule has 0 bridgehead atoms. The van der Waals surface area contributed by atoms with Gasteiger partial charge in [-0.05, 0) is 32.4 Å². The van der Waals surface area contributed by atoms with Gasteiger partial charge in [-0.2, -0.15) is 0 Å². The summed E-state index contributed by atoms with van der Waals surface area (Å²) in [5, 5.41) is 0. The highest BCUT2D eigenvalue weighted by Crippen LogP contribution is 2.18. The minimum absolute atomic E-state index is 0.0753. The largest absolute Gasteiger partial charge is 0.481 e. The number of likely N-dealkylation sites (N-methyl/N-ethyl adjacent to an activating group) is 1. The molecule has 1 amide bonds. The molecule has 0 aliphatic heterocycles. The molecule has 110 valence electrons. The summed E-state index contributed by atoms with van der Waals surface area (Å²) in [7, 11) is 1.55. The van der Waals surface area contributed by atoms with Crippen molar-refractivity contribution in [3.63, 3.8) is 0 Å². The fourth-order valence-corrected chi connectivity index (χ4v) is 1.72. The Morgan fingerprint density at radius 1 is 1.30 bits per heavy atom. The SMILES string of the molecule is CCOC(=O)CN(C)C(=O)C(C)Oc1ccccc1C. The van der Waals surface area contributed by atoms with Crippen molar-refractivity contribution in [1.29, 1.82) is 0 Å². The molecule has 0 aliphatic rings. The van der Waals surface area contributed by atoms with Crippen LogP contribution in [-0.2, 0) is 14.3 Å². The molecule has 0 heterocycles. The molecule has 0 aliphatic carbocycles. The van der Waals surface area contributed by atoms with Crippen molar-refractivity contribution >= 4 is 11.9 Å². The average molecular weight is 279 g/mol. The lowest BCUT2D eigenvalue weighted by Crippen LogP contribution is -2.41. The molecule has 0 radical (unpaired) electrons. The summed E-state index contributed by atoms with van der Waals surface area (Å²) in [4.78, 5) is 24.7. The van der Waals surface area contributed by atoms with Crippen LogP contribution in [0.4, 0.5) is 0 Å². The van der Waals surface area contributed by atoms with Crippen LogP contribution in [-0.4, -0.2) is 43.1 Å². The van der Waals surface area contributed by atoms with Crippen molar-refractivity contribution in [2.24, 2.45) is 0 Å². The third-order valence-corrected chi connectivity index (χ3v) is 2.79. The molecule has 0 N–H and O–H groups in total. The Hall–Kier alpha value is -2.04. The fourth-order valence-electron chi connectivity index (χ4n) is 1.72. The third-order valence-electron chi connectivity index (χ3n) is 2.79. The third kappa shape index (κ3) is 4.57. The molecule has 1 aromatic carbocycles. The zero-order valence-corrected chi connectivity index (χ0v) is 12.4. The van der Waals surface area contributed by atoms with Crippen molar-refractivity contribution in [1.82, 2.24) is 4.90 Å². The molecule has 0 saturated carbocycles. The summed E-state index contributed by atoms with van der Waals surface area (Å²) >= 11 is 0. The first-order valence-corrected chi connectivity index (χ1v) is 6.58. The number of aryl methyl sites for hydroxylation is 1. The van der Waals surface area contributed by atoms with Gasteiger partial charge in [0.2, 0.25) is 0 Å². The number of carbonyl (C=O) groups is 2. The van der Waals surface area contributed by atoms with E-state index >= 15 is 0 Å². The van der Waals surface area contributed by atoms with Crippen molar-refractivity contribution in [2.75, 3.05) is 20.2 Å². The standard InChI is InChI=1S/C15H21NO4/c1-5-19-14(17)10-16(4)15(18)12(3)20-13-9-7-6-8-11(13)2/h6-9,12H,5,10H2,1-4H3. The molecule has 1 rings (SSSR count). The number of carbonyl (C=O) groups excluding carboxylic acids is 2. The monoisotopic (exact) mass is 279 g/mol. The molecule has 1 atom stereocenters. The Kier molecular flexibility index (Phi) is 6.03. The second-order valence-electron chi connectivity index (χ2n) is 4.52. The smallest absolute Gasteiger partial charge is 0.325 e. The summed E-state index contributed by atoms with van der Waals surface area (Å²) in [5.74, 6) is -0.0226. The van der Waals surface area contributed by atoms with Gasteiger partial charge in [0.05, 0.1) is 6.61 Å². The molecule has 0 fully saturated rings. The number of nitrogens with zero attached hydrogens (tertiary/aromatic N) is 1. The van der Waals surface area contributed by atoms with Crippen LogP contribution in [0.15, 0.2) is 24.3 Å². The maximum Gasteiger partial charge on any atom is 0.325 e. The molecule has 0 aromatic heterocycles. The molecule has 20 heavy (non-hydrogen) atoms. The number of para-hydroxylation sites is 1. The van der Waals surface area contributed by atoms with E-state index in [1.54, 1.807) is 20.9 Å². The number of amides is 1. The van der Waals surface area contributed by atoms with Crippen LogP contribution >= 0.6 is 0 Å². The number of ether oxygens (including phenoxy) is 2. The zero-order chi connectivity index (χ0) is 15.1. The second-order valence-corrected chi connectivity index (χ2v) is 4.52. The van der Waals surface area contributed by atoms with Gasteiger partial charge in [-0.1, -0.05) is 18.2 Å². The summed E-state index contributed by atoms with van der Waals surface area (Å²) in [6.45, 7) is 5.53. The number of esters is 1. The molecular formula is C15H21NO4. The van der Waals surface area contributed by atoms with Crippen LogP contribution in [0.25, 0.3) is 0 Å². The zero-order valence-electron chi connectivity index (χ0n) is 12.4. The van der Waals surface area contributed by atoms with Crippen LogP contribution in [0.2, 0.25) is 0 Å². The van der Waals surface area contributed by atoms with Gasteiger partial charge in [0, 0.05) is 7.05 Å². The predicted octanol–water partition coefficient (Wildman–Crippen LogP) is 1.78. The average Bonchev–Trinajstić information content (AvgIpc) is 2.40. The predicted molar refractivity (Wildman–Crippen MR) is 75.5 cm³/mol. The van der Waals surface area contributed by atoms with E-state index in [1.807, 2.05) is 31.2 Å². The van der Waals surface area contributed by atoms with Gasteiger partial charge in [0.1, 0.15) is 12.3 Å². The van der Waals surface area contributed by atoms with Crippen molar-refractivity contribution in [2.45, 2.75) is 26.9 Å². The lowest BCUT2D eigenvalue weighted by atomic mass is 10.2. The van der Waals surface area contributed by atoms with E-state index in [-0.39, 0.29) is 12.5 Å². The molecule has 0 saturated heterocycles. The second kappa shape index (κ2) is 7.53. The number of rotatable bonds is 6. The fraction of sp³-hybridized carbons (Fsp3) is 0.467. The number of hydrogen-bond donors (Lipinski definition) is 0. The lowest BCUT2D eigenvalue weighted by molar-refractivity contribution is -0.150. The minimum Gasteiger partial charge on any atom is -0.481 e. The van der Waals surface area contributed by atoms with Crippen molar-refractivity contribution < 1.29 is 19.1 Å². The van der Waals surface area contributed by atoms with E-state index in [0.29, 0.717) is 12.4 Å². The first-order valence-electron chi connectivity index (χ1n) is 6.58. The minimum atomic E-state index is -0.657. The van der Waals surface area contributed by atoms with E-state index in [2.05, 4.69) is 0 Å². The van der Waals surface area contributed by atoms with Crippen LogP contribution in [0.3, 0.4) is 0 Å². The van der Waals surface area contributed by atoms with Gasteiger partial charge in [0.25, 0.3) is 5.91 Å². The molecule has 1 unspecified atom stereocenters. The molecule has 5 heteroatoms. The van der Waals surface area contributed by atoms with Gasteiger partial charge < -0.3 is 14.4 Å². The van der Waals surface area contributed by atoms with E-state index in [9.17, 15) is 9.59 Å². The van der Waals surface area contributed by atoms with Crippen molar-refractivity contribution in [3.8, 4) is 5.75 Å². The van der Waals surface area contributed by atoms with E-state index in [4.69, 9.17) is 9.47 Å². The first kappa shape index (κ1) is 16.0. The summed E-state index contributed by atoms with van der Waals surface area (Å²) < 4.78 is 10.4. The summed E-state index contributed by atoms with van der Waals surface area (Å²) in [6, 6.07) is 7.47. The van der Waals surface area contributed by atoms with E-state index < -0.39 is 12.1 Å².